The van der Waals surface area contributed by atoms with Crippen molar-refractivity contribution in [3.63, 3.8) is 0 Å². The third-order valence-electron chi connectivity index (χ3n) is 1.56. The standard InChI is InChI=1S/C11H10BrCl/c1-9-5-6-11(13)10(8-9)4-2-3-7-12/h5-6,8H,3,7H2,1H3. The second-order valence-corrected chi connectivity index (χ2v) is 3.92. The van der Waals surface area contributed by atoms with Crippen molar-refractivity contribution in [3.05, 3.63) is 34.3 Å². The molecule has 0 aromatic heterocycles. The van der Waals surface area contributed by atoms with Crippen LogP contribution in [-0.2, 0) is 0 Å². The molecule has 1 rings (SSSR count). The lowest BCUT2D eigenvalue weighted by Crippen LogP contribution is -1.79. The predicted octanol–water partition coefficient (Wildman–Crippen LogP) is 3.78. The SMILES string of the molecule is Cc1ccc(Cl)c(C#CCCBr)c1. The molecule has 1 aromatic rings. The number of alkyl halides is 1. The van der Waals surface area contributed by atoms with Crippen LogP contribution in [0.5, 0.6) is 0 Å². The van der Waals surface area contributed by atoms with E-state index in [0.29, 0.717) is 0 Å². The van der Waals surface area contributed by atoms with E-state index < -0.39 is 0 Å². The zero-order chi connectivity index (χ0) is 9.68. The Balaban J connectivity index is 2.89. The van der Waals surface area contributed by atoms with Crippen LogP contribution in [0.3, 0.4) is 0 Å². The van der Waals surface area contributed by atoms with Crippen LogP contribution < -0.4 is 0 Å². The van der Waals surface area contributed by atoms with E-state index in [4.69, 9.17) is 11.6 Å². The Morgan fingerprint density at radius 3 is 2.92 bits per heavy atom. The van der Waals surface area contributed by atoms with Crippen LogP contribution in [-0.4, -0.2) is 5.33 Å². The summed E-state index contributed by atoms with van der Waals surface area (Å²) >= 11 is 9.28. The van der Waals surface area contributed by atoms with Crippen LogP contribution in [0.1, 0.15) is 17.5 Å². The molecule has 0 aliphatic carbocycles. The van der Waals surface area contributed by atoms with Gasteiger partial charge in [-0.2, -0.15) is 0 Å². The summed E-state index contributed by atoms with van der Waals surface area (Å²) in [6.45, 7) is 2.03. The Bertz CT molecular complexity index is 347. The summed E-state index contributed by atoms with van der Waals surface area (Å²) < 4.78 is 0. The quantitative estimate of drug-likeness (QED) is 0.530. The van der Waals surface area contributed by atoms with Gasteiger partial charge in [0.2, 0.25) is 0 Å². The zero-order valence-corrected chi connectivity index (χ0v) is 9.74. The third-order valence-corrected chi connectivity index (χ3v) is 2.29. The number of aryl methyl sites for hydroxylation is 1. The van der Waals surface area contributed by atoms with E-state index in [-0.39, 0.29) is 0 Å². The van der Waals surface area contributed by atoms with E-state index in [9.17, 15) is 0 Å². The Morgan fingerprint density at radius 1 is 1.46 bits per heavy atom. The average molecular weight is 258 g/mol. The minimum Gasteiger partial charge on any atom is -0.0970 e. The highest BCUT2D eigenvalue weighted by molar-refractivity contribution is 9.09. The average Bonchev–Trinajstić information content (AvgIpc) is 2.11. The van der Waals surface area contributed by atoms with Crippen molar-refractivity contribution in [3.8, 4) is 11.8 Å². The molecule has 13 heavy (non-hydrogen) atoms. The van der Waals surface area contributed by atoms with Gasteiger partial charge in [0.1, 0.15) is 0 Å². The number of hydrogen-bond donors (Lipinski definition) is 0. The molecule has 0 bridgehead atoms. The van der Waals surface area contributed by atoms with Gasteiger partial charge in [0.25, 0.3) is 0 Å². The van der Waals surface area contributed by atoms with Gasteiger partial charge in [-0.1, -0.05) is 45.4 Å². The Kier molecular flexibility index (Phi) is 4.35. The van der Waals surface area contributed by atoms with Gasteiger partial charge >= 0.3 is 0 Å². The topological polar surface area (TPSA) is 0 Å². The molecule has 1 aromatic carbocycles. The van der Waals surface area contributed by atoms with Gasteiger partial charge in [-0.05, 0) is 24.6 Å². The summed E-state index contributed by atoms with van der Waals surface area (Å²) in [5.74, 6) is 6.08. The van der Waals surface area contributed by atoms with E-state index >= 15 is 0 Å². The van der Waals surface area contributed by atoms with Gasteiger partial charge in [0.15, 0.2) is 0 Å². The number of hydrogen-bond acceptors (Lipinski definition) is 0. The molecule has 0 fully saturated rings. The van der Waals surface area contributed by atoms with Gasteiger partial charge in [0.05, 0.1) is 5.02 Å². The summed E-state index contributed by atoms with van der Waals surface area (Å²) in [7, 11) is 0. The smallest absolute Gasteiger partial charge is 0.0562 e. The van der Waals surface area contributed by atoms with Crippen molar-refractivity contribution in [1.82, 2.24) is 0 Å². The molecule has 0 nitrogen and oxygen atoms in total. The summed E-state index contributed by atoms with van der Waals surface area (Å²) in [4.78, 5) is 0. The van der Waals surface area contributed by atoms with Crippen molar-refractivity contribution in [2.24, 2.45) is 0 Å². The van der Waals surface area contributed by atoms with Crippen molar-refractivity contribution < 1.29 is 0 Å². The largest absolute Gasteiger partial charge is 0.0970 e. The second kappa shape index (κ2) is 5.32. The highest BCUT2D eigenvalue weighted by Crippen LogP contribution is 2.15. The molecule has 68 valence electrons. The summed E-state index contributed by atoms with van der Waals surface area (Å²) in [5.41, 5.74) is 2.11. The maximum Gasteiger partial charge on any atom is 0.0562 e. The maximum absolute atomic E-state index is 5.96. The van der Waals surface area contributed by atoms with Crippen LogP contribution >= 0.6 is 27.5 Å². The normalized spacial score (nSPS) is 9.15. The first-order valence-corrected chi connectivity index (χ1v) is 5.55. The first kappa shape index (κ1) is 10.6. The van der Waals surface area contributed by atoms with Crippen LogP contribution in [0, 0.1) is 18.8 Å². The van der Waals surface area contributed by atoms with Crippen molar-refractivity contribution in [2.75, 3.05) is 5.33 Å². The Hall–Kier alpha value is -0.450. The molecular formula is C11H10BrCl. The van der Waals surface area contributed by atoms with Crippen LogP contribution in [0.4, 0.5) is 0 Å². The van der Waals surface area contributed by atoms with E-state index in [0.717, 1.165) is 22.3 Å². The first-order valence-electron chi connectivity index (χ1n) is 4.05. The third kappa shape index (κ3) is 3.42. The van der Waals surface area contributed by atoms with E-state index in [1.807, 2.05) is 25.1 Å². The number of benzene rings is 1. The van der Waals surface area contributed by atoms with E-state index in [2.05, 4.69) is 27.8 Å². The molecule has 0 aliphatic heterocycles. The van der Waals surface area contributed by atoms with Crippen molar-refractivity contribution >= 4 is 27.5 Å². The first-order chi connectivity index (χ1) is 6.24. The summed E-state index contributed by atoms with van der Waals surface area (Å²) in [5, 5.41) is 1.64. The molecule has 0 spiro atoms. The monoisotopic (exact) mass is 256 g/mol. The lowest BCUT2D eigenvalue weighted by molar-refractivity contribution is 1.32. The molecule has 0 unspecified atom stereocenters. The second-order valence-electron chi connectivity index (χ2n) is 2.72. The highest BCUT2D eigenvalue weighted by atomic mass is 79.9. The molecule has 0 atom stereocenters. The summed E-state index contributed by atoms with van der Waals surface area (Å²) in [6.07, 6.45) is 0.851. The predicted molar refractivity (Wildman–Crippen MR) is 61.5 cm³/mol. The molecule has 0 saturated heterocycles. The fourth-order valence-corrected chi connectivity index (χ4v) is 1.30. The van der Waals surface area contributed by atoms with Crippen molar-refractivity contribution in [2.45, 2.75) is 13.3 Å². The zero-order valence-electron chi connectivity index (χ0n) is 7.40. The minimum atomic E-state index is 0.729. The van der Waals surface area contributed by atoms with E-state index in [1.165, 1.54) is 5.56 Å². The van der Waals surface area contributed by atoms with Crippen molar-refractivity contribution in [1.29, 1.82) is 0 Å². The fraction of sp³-hybridized carbons (Fsp3) is 0.273. The molecule has 0 heterocycles. The van der Waals surface area contributed by atoms with Gasteiger partial charge in [0, 0.05) is 17.3 Å². The molecular weight excluding hydrogens is 247 g/mol. The van der Waals surface area contributed by atoms with Gasteiger partial charge < -0.3 is 0 Å². The lowest BCUT2D eigenvalue weighted by atomic mass is 10.1. The van der Waals surface area contributed by atoms with Gasteiger partial charge in [-0.25, -0.2) is 0 Å². The van der Waals surface area contributed by atoms with Crippen LogP contribution in [0.25, 0.3) is 0 Å². The van der Waals surface area contributed by atoms with Gasteiger partial charge in [-0.15, -0.1) is 0 Å². The van der Waals surface area contributed by atoms with Crippen LogP contribution in [0.15, 0.2) is 18.2 Å². The molecule has 2 heteroatoms. The summed E-state index contributed by atoms with van der Waals surface area (Å²) in [6, 6.07) is 5.87. The molecule has 0 N–H and O–H groups in total. The molecule has 0 aliphatic rings. The molecule has 0 saturated carbocycles. The highest BCUT2D eigenvalue weighted by Gasteiger charge is 1.95. The molecule has 0 amide bonds. The fourth-order valence-electron chi connectivity index (χ4n) is 0.940. The van der Waals surface area contributed by atoms with Crippen LogP contribution in [0.2, 0.25) is 5.02 Å². The minimum absolute atomic E-state index is 0.729. The lowest BCUT2D eigenvalue weighted by Gasteiger charge is -1.96. The van der Waals surface area contributed by atoms with Gasteiger partial charge in [-0.3, -0.25) is 0 Å². The van der Waals surface area contributed by atoms with E-state index in [1.54, 1.807) is 0 Å². The number of rotatable bonds is 1. The maximum atomic E-state index is 5.96. The molecule has 0 radical (unpaired) electrons. The number of halogens is 2. The Labute approximate surface area is 92.4 Å². The Morgan fingerprint density at radius 2 is 2.23 bits per heavy atom.